The summed E-state index contributed by atoms with van der Waals surface area (Å²) in [5, 5.41) is 7.77. The van der Waals surface area contributed by atoms with Crippen LogP contribution in [0.2, 0.25) is 0 Å². The molecule has 1 amide bonds. The number of rotatable bonds is 4. The smallest absolute Gasteiger partial charge is 0.241 e. The second kappa shape index (κ2) is 7.69. The highest BCUT2D eigenvalue weighted by Crippen LogP contribution is 2.35. The van der Waals surface area contributed by atoms with Crippen LogP contribution in [0.1, 0.15) is 22.9 Å². The van der Waals surface area contributed by atoms with Crippen molar-refractivity contribution in [1.82, 2.24) is 10.3 Å². The maximum atomic E-state index is 13.1. The number of methoxy groups -OCH3 is 1. The zero-order valence-corrected chi connectivity index (χ0v) is 16.7. The Balaban J connectivity index is 1.53. The van der Waals surface area contributed by atoms with Crippen LogP contribution in [0.5, 0.6) is 5.75 Å². The van der Waals surface area contributed by atoms with Gasteiger partial charge in [0.1, 0.15) is 5.75 Å². The molecule has 1 aliphatic rings. The molecule has 1 aromatic heterocycles. The fourth-order valence-electron chi connectivity index (χ4n) is 4.21. The summed E-state index contributed by atoms with van der Waals surface area (Å²) in [7, 11) is 1.66. The van der Waals surface area contributed by atoms with Gasteiger partial charge in [-0.3, -0.25) is 10.1 Å². The van der Waals surface area contributed by atoms with Gasteiger partial charge >= 0.3 is 0 Å². The molecule has 2 heterocycles. The first-order valence-electron chi connectivity index (χ1n) is 10.1. The largest absolute Gasteiger partial charge is 0.497 e. The van der Waals surface area contributed by atoms with Crippen LogP contribution in [0.25, 0.3) is 10.9 Å². The summed E-state index contributed by atoms with van der Waals surface area (Å²) >= 11 is 0. The minimum absolute atomic E-state index is 0.0318. The number of hydrogen-bond acceptors (Lipinski definition) is 3. The number of nitrogens with one attached hydrogen (secondary N) is 3. The average molecular weight is 397 g/mol. The molecule has 0 bridgehead atoms. The lowest BCUT2D eigenvalue weighted by molar-refractivity contribution is -0.118. The molecule has 2 atom stereocenters. The molecule has 3 N–H and O–H groups in total. The number of H-pyrrole nitrogens is 1. The third-order valence-electron chi connectivity index (χ3n) is 5.72. The maximum Gasteiger partial charge on any atom is 0.241 e. The number of amides is 1. The van der Waals surface area contributed by atoms with Crippen LogP contribution < -0.4 is 15.4 Å². The quantitative estimate of drug-likeness (QED) is 0.478. The molecule has 0 radical (unpaired) electrons. The summed E-state index contributed by atoms with van der Waals surface area (Å²) in [5.74, 6) is 0.778. The molecule has 0 saturated heterocycles. The Labute approximate surface area is 175 Å². The zero-order valence-electron chi connectivity index (χ0n) is 16.7. The fraction of sp³-hybridized carbons (Fsp3) is 0.160. The van der Waals surface area contributed by atoms with Crippen LogP contribution in [0, 0.1) is 0 Å². The SMILES string of the molecule is COc1ccc([C@@H]2N[C@H](C(=O)Nc3ccccc3)Cc3c2[nH]c2ccccc32)cc1. The Morgan fingerprint density at radius 1 is 0.967 bits per heavy atom. The number of carbonyl (C=O) groups excluding carboxylic acids is 1. The van der Waals surface area contributed by atoms with E-state index in [1.807, 2.05) is 66.7 Å². The summed E-state index contributed by atoms with van der Waals surface area (Å²) in [5.41, 5.74) is 5.28. The lowest BCUT2D eigenvalue weighted by Crippen LogP contribution is -2.47. The van der Waals surface area contributed by atoms with Crippen molar-refractivity contribution in [2.24, 2.45) is 0 Å². The van der Waals surface area contributed by atoms with Crippen molar-refractivity contribution in [2.75, 3.05) is 12.4 Å². The molecule has 5 nitrogen and oxygen atoms in total. The molecular weight excluding hydrogens is 374 g/mol. The van der Waals surface area contributed by atoms with Gasteiger partial charge in [-0.15, -0.1) is 0 Å². The van der Waals surface area contributed by atoms with Gasteiger partial charge in [0.15, 0.2) is 0 Å². The summed E-state index contributed by atoms with van der Waals surface area (Å²) in [4.78, 5) is 16.7. The number of hydrogen-bond donors (Lipinski definition) is 3. The summed E-state index contributed by atoms with van der Waals surface area (Å²) in [6, 6.07) is 25.4. The number of ether oxygens (including phenoxy) is 1. The molecule has 0 fully saturated rings. The van der Waals surface area contributed by atoms with Gasteiger partial charge in [-0.25, -0.2) is 0 Å². The number of para-hydroxylation sites is 2. The monoisotopic (exact) mass is 397 g/mol. The van der Waals surface area contributed by atoms with Gasteiger partial charge in [-0.05, 0) is 47.9 Å². The van der Waals surface area contributed by atoms with E-state index in [0.717, 1.165) is 28.2 Å². The van der Waals surface area contributed by atoms with E-state index in [4.69, 9.17) is 4.74 Å². The number of carbonyl (C=O) groups is 1. The number of aromatic nitrogens is 1. The van der Waals surface area contributed by atoms with Crippen molar-refractivity contribution in [3.05, 3.63) is 95.7 Å². The van der Waals surface area contributed by atoms with E-state index in [2.05, 4.69) is 27.8 Å². The van der Waals surface area contributed by atoms with Crippen LogP contribution >= 0.6 is 0 Å². The first kappa shape index (κ1) is 18.5. The van der Waals surface area contributed by atoms with Crippen molar-refractivity contribution in [1.29, 1.82) is 0 Å². The molecule has 0 saturated carbocycles. The van der Waals surface area contributed by atoms with Crippen molar-refractivity contribution < 1.29 is 9.53 Å². The molecular formula is C25H23N3O2. The summed E-state index contributed by atoms with van der Waals surface area (Å²) in [6.45, 7) is 0. The maximum absolute atomic E-state index is 13.1. The first-order valence-corrected chi connectivity index (χ1v) is 10.1. The second-order valence-corrected chi connectivity index (χ2v) is 7.55. The predicted molar refractivity (Wildman–Crippen MR) is 119 cm³/mol. The fourth-order valence-corrected chi connectivity index (χ4v) is 4.21. The van der Waals surface area contributed by atoms with Gasteiger partial charge in [0, 0.05) is 22.3 Å². The van der Waals surface area contributed by atoms with E-state index >= 15 is 0 Å². The summed E-state index contributed by atoms with van der Waals surface area (Å²) in [6.07, 6.45) is 0.630. The van der Waals surface area contributed by atoms with E-state index < -0.39 is 0 Å². The van der Waals surface area contributed by atoms with Crippen LogP contribution in [-0.4, -0.2) is 24.0 Å². The number of aromatic amines is 1. The lowest BCUT2D eigenvalue weighted by atomic mass is 9.90. The third kappa shape index (κ3) is 3.33. The van der Waals surface area contributed by atoms with E-state index in [9.17, 15) is 4.79 Å². The van der Waals surface area contributed by atoms with Gasteiger partial charge in [-0.1, -0.05) is 48.5 Å². The van der Waals surface area contributed by atoms with Crippen LogP contribution in [0.4, 0.5) is 5.69 Å². The number of benzene rings is 3. The number of anilines is 1. The van der Waals surface area contributed by atoms with Crippen molar-refractivity contribution in [2.45, 2.75) is 18.5 Å². The minimum atomic E-state index is -0.344. The second-order valence-electron chi connectivity index (χ2n) is 7.55. The normalized spacial score (nSPS) is 18.0. The molecule has 0 aliphatic carbocycles. The molecule has 0 spiro atoms. The van der Waals surface area contributed by atoms with Gasteiger partial charge in [0.05, 0.1) is 19.2 Å². The summed E-state index contributed by atoms with van der Waals surface area (Å²) < 4.78 is 5.31. The lowest BCUT2D eigenvalue weighted by Gasteiger charge is -2.31. The van der Waals surface area contributed by atoms with E-state index in [1.165, 1.54) is 10.9 Å². The van der Waals surface area contributed by atoms with Crippen molar-refractivity contribution in [3.8, 4) is 5.75 Å². The topological polar surface area (TPSA) is 66.2 Å². The van der Waals surface area contributed by atoms with Crippen LogP contribution in [-0.2, 0) is 11.2 Å². The molecule has 3 aromatic carbocycles. The van der Waals surface area contributed by atoms with Gasteiger partial charge in [0.2, 0.25) is 5.91 Å². The van der Waals surface area contributed by atoms with Gasteiger partial charge in [0.25, 0.3) is 0 Å². The highest BCUT2D eigenvalue weighted by Gasteiger charge is 2.34. The average Bonchev–Trinajstić information content (AvgIpc) is 3.18. The Morgan fingerprint density at radius 2 is 1.70 bits per heavy atom. The Kier molecular flexibility index (Phi) is 4.73. The van der Waals surface area contributed by atoms with E-state index in [0.29, 0.717) is 6.42 Å². The predicted octanol–water partition coefficient (Wildman–Crippen LogP) is 4.42. The molecule has 0 unspecified atom stereocenters. The van der Waals surface area contributed by atoms with E-state index in [-0.39, 0.29) is 18.0 Å². The highest BCUT2D eigenvalue weighted by molar-refractivity contribution is 5.96. The van der Waals surface area contributed by atoms with Gasteiger partial charge < -0.3 is 15.0 Å². The molecule has 30 heavy (non-hydrogen) atoms. The first-order chi connectivity index (χ1) is 14.7. The van der Waals surface area contributed by atoms with E-state index in [1.54, 1.807) is 7.11 Å². The Morgan fingerprint density at radius 3 is 2.47 bits per heavy atom. The van der Waals surface area contributed by atoms with Crippen LogP contribution in [0.3, 0.4) is 0 Å². The molecule has 5 heteroatoms. The van der Waals surface area contributed by atoms with Crippen LogP contribution in [0.15, 0.2) is 78.9 Å². The number of fused-ring (bicyclic) bond motifs is 3. The molecule has 4 aromatic rings. The Hall–Kier alpha value is -3.57. The molecule has 5 rings (SSSR count). The zero-order chi connectivity index (χ0) is 20.5. The standard InChI is InChI=1S/C25H23N3O2/c1-30-18-13-11-16(12-14-18)23-24-20(19-9-5-6-10-21(19)27-24)15-22(28-23)25(29)26-17-7-3-2-4-8-17/h2-14,22-23,27-28H,15H2,1H3,(H,26,29)/t22-,23-/m0/s1. The third-order valence-corrected chi connectivity index (χ3v) is 5.72. The van der Waals surface area contributed by atoms with Crippen molar-refractivity contribution >= 4 is 22.5 Å². The highest BCUT2D eigenvalue weighted by atomic mass is 16.5. The van der Waals surface area contributed by atoms with Crippen molar-refractivity contribution in [3.63, 3.8) is 0 Å². The molecule has 150 valence electrons. The molecule has 1 aliphatic heterocycles. The van der Waals surface area contributed by atoms with Gasteiger partial charge in [-0.2, -0.15) is 0 Å². The Bertz CT molecular complexity index is 1180. The minimum Gasteiger partial charge on any atom is -0.497 e.